The molecule has 0 radical (unpaired) electrons. The van der Waals surface area contributed by atoms with Crippen molar-refractivity contribution in [3.05, 3.63) is 57.7 Å². The van der Waals surface area contributed by atoms with Gasteiger partial charge in [-0.2, -0.15) is 0 Å². The number of fused-ring (bicyclic) bond motifs is 2. The number of unbranched alkanes of at least 4 members (excludes halogenated alkanes) is 9. The number of carbonyl (C=O) groups excluding carboxylic acids is 1. The van der Waals surface area contributed by atoms with Gasteiger partial charge in [0.1, 0.15) is 0 Å². The largest absolute Gasteiger partial charge is 0.462 e. The van der Waals surface area contributed by atoms with Crippen molar-refractivity contribution in [2.24, 2.45) is 0 Å². The average Bonchev–Trinajstić information content (AvgIpc) is 2.77. The van der Waals surface area contributed by atoms with Crippen molar-refractivity contribution >= 4 is 37.5 Å². The Morgan fingerprint density at radius 2 is 1.52 bits per heavy atom. The summed E-state index contributed by atoms with van der Waals surface area (Å²) in [5, 5.41) is 1.44. The summed E-state index contributed by atoms with van der Waals surface area (Å²) in [6.07, 6.45) is 12.5. The molecule has 0 atom stereocenters. The summed E-state index contributed by atoms with van der Waals surface area (Å²) in [6, 6.07) is 11.2. The number of esters is 1. The fraction of sp³-hybridized carbons (Fsp3) is 0.481. The van der Waals surface area contributed by atoms with E-state index in [0.717, 1.165) is 33.2 Å². The molecule has 31 heavy (non-hydrogen) atoms. The third-order valence-electron chi connectivity index (χ3n) is 5.84. The molecule has 0 aliphatic carbocycles. The molecule has 166 valence electrons. The molecule has 0 aliphatic heterocycles. The van der Waals surface area contributed by atoms with Crippen LogP contribution in [0.5, 0.6) is 0 Å². The lowest BCUT2D eigenvalue weighted by Crippen LogP contribution is -2.09. The second-order valence-electron chi connectivity index (χ2n) is 8.41. The number of carbonyl (C=O) groups is 1. The van der Waals surface area contributed by atoms with E-state index in [2.05, 4.69) is 6.92 Å². The van der Waals surface area contributed by atoms with E-state index in [4.69, 9.17) is 4.74 Å². The lowest BCUT2D eigenvalue weighted by molar-refractivity contribution is 0.0498. The molecule has 0 amide bonds. The highest BCUT2D eigenvalue weighted by molar-refractivity contribution is 7.24. The summed E-state index contributed by atoms with van der Waals surface area (Å²) >= 11 is 1.55. The van der Waals surface area contributed by atoms with Crippen molar-refractivity contribution in [3.8, 4) is 0 Å². The molecule has 3 rings (SSSR count). The molecule has 0 bridgehead atoms. The van der Waals surface area contributed by atoms with E-state index in [-0.39, 0.29) is 11.4 Å². The fourth-order valence-electron chi connectivity index (χ4n) is 4.08. The lowest BCUT2D eigenvalue weighted by atomic mass is 10.1. The third-order valence-corrected chi connectivity index (χ3v) is 6.96. The van der Waals surface area contributed by atoms with Crippen molar-refractivity contribution in [1.29, 1.82) is 0 Å². The zero-order valence-electron chi connectivity index (χ0n) is 18.9. The Labute approximate surface area is 189 Å². The maximum absolute atomic E-state index is 12.9. The summed E-state index contributed by atoms with van der Waals surface area (Å²) < 4.78 is 7.29. The molecule has 0 saturated carbocycles. The van der Waals surface area contributed by atoms with Gasteiger partial charge in [-0.05, 0) is 43.2 Å². The Morgan fingerprint density at radius 1 is 0.871 bits per heavy atom. The summed E-state index contributed by atoms with van der Waals surface area (Å²) in [5.74, 6) is -0.297. The van der Waals surface area contributed by atoms with E-state index in [1.54, 1.807) is 17.4 Å². The molecule has 3 nitrogen and oxygen atoms in total. The smallest absolute Gasteiger partial charge is 0.338 e. The fourth-order valence-corrected chi connectivity index (χ4v) is 5.27. The number of rotatable bonds is 12. The first-order valence-electron chi connectivity index (χ1n) is 11.7. The average molecular weight is 439 g/mol. The normalized spacial score (nSPS) is 11.3. The van der Waals surface area contributed by atoms with Gasteiger partial charge in [-0.15, -0.1) is 11.3 Å². The second-order valence-corrected chi connectivity index (χ2v) is 9.50. The van der Waals surface area contributed by atoms with Crippen molar-refractivity contribution in [3.63, 3.8) is 0 Å². The summed E-state index contributed by atoms with van der Waals surface area (Å²) in [4.78, 5) is 25.4. The molecule has 2 aromatic carbocycles. The number of hydrogen-bond donors (Lipinski definition) is 0. The number of hydrogen-bond acceptors (Lipinski definition) is 4. The molecular weight excluding hydrogens is 404 g/mol. The highest BCUT2D eigenvalue weighted by atomic mass is 32.1. The molecule has 0 N–H and O–H groups in total. The van der Waals surface area contributed by atoms with Gasteiger partial charge in [-0.3, -0.25) is 4.79 Å². The molecule has 0 aliphatic rings. The van der Waals surface area contributed by atoms with Gasteiger partial charge in [0.15, 0.2) is 5.43 Å². The maximum atomic E-state index is 12.9. The lowest BCUT2D eigenvalue weighted by Gasteiger charge is -2.09. The topological polar surface area (TPSA) is 43.4 Å². The summed E-state index contributed by atoms with van der Waals surface area (Å²) in [5.41, 5.74) is 1.39. The van der Waals surface area contributed by atoms with Gasteiger partial charge < -0.3 is 4.74 Å². The Bertz CT molecular complexity index is 1070. The van der Waals surface area contributed by atoms with Crippen LogP contribution in [0.25, 0.3) is 20.2 Å². The molecule has 0 fully saturated rings. The van der Waals surface area contributed by atoms with Crippen LogP contribution in [0.15, 0.2) is 41.2 Å². The van der Waals surface area contributed by atoms with Crippen LogP contribution < -0.4 is 5.43 Å². The quantitative estimate of drug-likeness (QED) is 0.165. The van der Waals surface area contributed by atoms with E-state index >= 15 is 0 Å². The minimum atomic E-state index is -0.297. The zero-order valence-corrected chi connectivity index (χ0v) is 19.7. The van der Waals surface area contributed by atoms with Crippen LogP contribution >= 0.6 is 11.3 Å². The SMILES string of the molecule is CCCCCCCCCCCCOC(=O)c1cc(C)c2c(=O)c3ccccc3sc2c1. The van der Waals surface area contributed by atoms with E-state index in [9.17, 15) is 9.59 Å². The molecule has 4 heteroatoms. The van der Waals surface area contributed by atoms with Gasteiger partial charge in [0.05, 0.1) is 12.2 Å². The first-order chi connectivity index (χ1) is 15.1. The zero-order chi connectivity index (χ0) is 22.1. The molecule has 3 aromatic rings. The second kappa shape index (κ2) is 12.0. The first-order valence-corrected chi connectivity index (χ1v) is 12.6. The maximum Gasteiger partial charge on any atom is 0.338 e. The minimum absolute atomic E-state index is 0.0344. The Kier molecular flexibility index (Phi) is 9.08. The van der Waals surface area contributed by atoms with Crippen LogP contribution in [0.2, 0.25) is 0 Å². The highest BCUT2D eigenvalue weighted by Crippen LogP contribution is 2.28. The summed E-state index contributed by atoms with van der Waals surface area (Å²) in [6.45, 7) is 4.60. The van der Waals surface area contributed by atoms with E-state index < -0.39 is 0 Å². The predicted molar refractivity (Wildman–Crippen MR) is 132 cm³/mol. The molecule has 0 spiro atoms. The van der Waals surface area contributed by atoms with Crippen LogP contribution in [-0.2, 0) is 4.74 Å². The highest BCUT2D eigenvalue weighted by Gasteiger charge is 2.14. The van der Waals surface area contributed by atoms with Gasteiger partial charge in [-0.25, -0.2) is 4.79 Å². The van der Waals surface area contributed by atoms with Gasteiger partial charge in [0.25, 0.3) is 0 Å². The van der Waals surface area contributed by atoms with Crippen LogP contribution in [0.4, 0.5) is 0 Å². The van der Waals surface area contributed by atoms with E-state index in [1.165, 1.54) is 51.4 Å². The summed E-state index contributed by atoms with van der Waals surface area (Å²) in [7, 11) is 0. The van der Waals surface area contributed by atoms with Gasteiger partial charge in [0.2, 0.25) is 0 Å². The Balaban J connectivity index is 1.49. The van der Waals surface area contributed by atoms with Crippen molar-refractivity contribution in [2.75, 3.05) is 6.61 Å². The van der Waals surface area contributed by atoms with Gasteiger partial charge in [-0.1, -0.05) is 76.8 Å². The Hall–Kier alpha value is -2.20. The third kappa shape index (κ3) is 6.39. The monoisotopic (exact) mass is 438 g/mol. The molecular formula is C27H34O3S. The molecule has 0 saturated heterocycles. The van der Waals surface area contributed by atoms with Crippen LogP contribution in [-0.4, -0.2) is 12.6 Å². The first kappa shape index (κ1) is 23.5. The number of benzene rings is 2. The van der Waals surface area contributed by atoms with Crippen molar-refractivity contribution in [1.82, 2.24) is 0 Å². The van der Waals surface area contributed by atoms with Crippen LogP contribution in [0.3, 0.4) is 0 Å². The Morgan fingerprint density at radius 3 is 2.23 bits per heavy atom. The number of ether oxygens (including phenoxy) is 1. The number of aryl methyl sites for hydroxylation is 1. The molecule has 0 unspecified atom stereocenters. The van der Waals surface area contributed by atoms with E-state index in [1.807, 2.05) is 37.3 Å². The molecule has 1 aromatic heterocycles. The predicted octanol–water partition coefficient (Wildman–Crippen LogP) is 7.80. The van der Waals surface area contributed by atoms with Gasteiger partial charge in [0, 0.05) is 20.2 Å². The van der Waals surface area contributed by atoms with Gasteiger partial charge >= 0.3 is 5.97 Å². The standard InChI is InChI=1S/C27H34O3S/c1-3-4-5-6-7-8-9-10-11-14-17-30-27(29)21-18-20(2)25-24(19-21)31-23-16-13-12-15-22(23)26(25)28/h12-13,15-16,18-19H,3-11,14,17H2,1-2H3. The minimum Gasteiger partial charge on any atom is -0.462 e. The van der Waals surface area contributed by atoms with Crippen LogP contribution in [0, 0.1) is 6.92 Å². The molecule has 1 heterocycles. The van der Waals surface area contributed by atoms with Crippen LogP contribution in [0.1, 0.15) is 87.1 Å². The van der Waals surface area contributed by atoms with E-state index in [0.29, 0.717) is 17.6 Å². The van der Waals surface area contributed by atoms with Crippen molar-refractivity contribution < 1.29 is 9.53 Å². The van der Waals surface area contributed by atoms with Crippen molar-refractivity contribution in [2.45, 2.75) is 78.1 Å².